The number of hydrogen-bond donors (Lipinski definition) is 4. The Hall–Kier alpha value is -3.59. The summed E-state index contributed by atoms with van der Waals surface area (Å²) >= 11 is 0. The van der Waals surface area contributed by atoms with Gasteiger partial charge in [0.25, 0.3) is 0 Å². The van der Waals surface area contributed by atoms with Crippen molar-refractivity contribution in [2.45, 2.75) is 50.9 Å². The highest BCUT2D eigenvalue weighted by Crippen LogP contribution is 2.49. The van der Waals surface area contributed by atoms with Gasteiger partial charge in [-0.1, -0.05) is 19.9 Å². The molecule has 0 radical (unpaired) electrons. The van der Waals surface area contributed by atoms with Crippen LogP contribution >= 0.6 is 0 Å². The third-order valence-corrected chi connectivity index (χ3v) is 8.51. The zero-order valence-electron chi connectivity index (χ0n) is 22.4. The highest BCUT2D eigenvalue weighted by Gasteiger charge is 2.49. The van der Waals surface area contributed by atoms with Gasteiger partial charge in [0.05, 0.1) is 23.0 Å². The molecule has 38 heavy (non-hydrogen) atoms. The number of aromatic carboxylic acids is 1. The smallest absolute Gasteiger partial charge is 0.335 e. The predicted molar refractivity (Wildman–Crippen MR) is 143 cm³/mol. The van der Waals surface area contributed by atoms with Crippen molar-refractivity contribution in [1.82, 2.24) is 0 Å². The van der Waals surface area contributed by atoms with Crippen molar-refractivity contribution >= 4 is 28.8 Å². The molecule has 1 saturated carbocycles. The summed E-state index contributed by atoms with van der Waals surface area (Å²) in [5.41, 5.74) is 5.07. The number of allylic oxidation sites excluding steroid dienone is 2. The second-order valence-corrected chi connectivity index (χ2v) is 11.4. The maximum absolute atomic E-state index is 13.3. The van der Waals surface area contributed by atoms with Gasteiger partial charge in [-0.2, -0.15) is 4.58 Å². The SMILES string of the molecule is CN1C(=CC2C(=O)C(=CC3=[N+](C)c4ccc(C(O)O)cc4C3(C)C)C2O)C(C)(C)c2cc(C(=O)O)ccc21. The number of nitrogens with zero attached hydrogens (tertiary/aromatic N) is 2. The third kappa shape index (κ3) is 3.59. The fraction of sp³-hybridized carbons (Fsp3) is 0.367. The van der Waals surface area contributed by atoms with E-state index in [-0.39, 0.29) is 11.3 Å². The van der Waals surface area contributed by atoms with E-state index in [1.807, 2.05) is 63.4 Å². The Balaban J connectivity index is 1.46. The number of fused-ring (bicyclic) bond motifs is 2. The molecule has 0 amide bonds. The minimum absolute atomic E-state index is 0.157. The number of aliphatic hydroxyl groups excluding tert-OH is 2. The molecule has 2 atom stereocenters. The van der Waals surface area contributed by atoms with Crippen LogP contribution in [0.1, 0.15) is 61.0 Å². The fourth-order valence-corrected chi connectivity index (χ4v) is 6.16. The lowest BCUT2D eigenvalue weighted by Gasteiger charge is -2.35. The van der Waals surface area contributed by atoms with Crippen LogP contribution in [-0.4, -0.2) is 62.7 Å². The molecular weight excluding hydrogens is 484 g/mol. The second-order valence-electron chi connectivity index (χ2n) is 11.4. The summed E-state index contributed by atoms with van der Waals surface area (Å²) < 4.78 is 1.96. The predicted octanol–water partition coefficient (Wildman–Crippen LogP) is 3.17. The van der Waals surface area contributed by atoms with Crippen LogP contribution in [0.25, 0.3) is 0 Å². The van der Waals surface area contributed by atoms with Crippen LogP contribution in [0.15, 0.2) is 59.8 Å². The second kappa shape index (κ2) is 8.46. The molecule has 2 unspecified atom stereocenters. The monoisotopic (exact) mass is 517 g/mol. The van der Waals surface area contributed by atoms with Gasteiger partial charge in [0.1, 0.15) is 7.05 Å². The Kier molecular flexibility index (Phi) is 5.80. The summed E-state index contributed by atoms with van der Waals surface area (Å²) in [5.74, 6) is -1.86. The molecular formula is C30H33N2O6+. The number of benzene rings is 2. The fourth-order valence-electron chi connectivity index (χ4n) is 6.16. The first kappa shape index (κ1) is 26.0. The van der Waals surface area contributed by atoms with E-state index in [9.17, 15) is 30.0 Å². The van der Waals surface area contributed by atoms with Gasteiger partial charge in [-0.25, -0.2) is 4.79 Å². The maximum Gasteiger partial charge on any atom is 0.335 e. The van der Waals surface area contributed by atoms with Gasteiger partial charge in [-0.05, 0) is 49.7 Å². The molecule has 8 heteroatoms. The highest BCUT2D eigenvalue weighted by atomic mass is 16.5. The van der Waals surface area contributed by atoms with Crippen molar-refractivity contribution in [1.29, 1.82) is 0 Å². The molecule has 5 rings (SSSR count). The number of likely N-dealkylation sites (N-methyl/N-ethyl adjacent to an activating group) is 1. The van der Waals surface area contributed by atoms with E-state index in [2.05, 4.69) is 0 Å². The van der Waals surface area contributed by atoms with Gasteiger partial charge in [0.15, 0.2) is 17.8 Å². The molecule has 8 nitrogen and oxygen atoms in total. The molecule has 0 spiro atoms. The number of Topliss-reactive ketones (excluding diaryl/α,β-unsaturated/α-hetero) is 1. The molecule has 2 aromatic rings. The number of hydrogen-bond acceptors (Lipinski definition) is 6. The number of aliphatic hydroxyl groups is 3. The molecule has 0 bridgehead atoms. The van der Waals surface area contributed by atoms with Gasteiger partial charge >= 0.3 is 5.97 Å². The van der Waals surface area contributed by atoms with Crippen molar-refractivity contribution < 1.29 is 34.6 Å². The molecule has 1 fully saturated rings. The first-order valence-corrected chi connectivity index (χ1v) is 12.6. The molecule has 2 heterocycles. The van der Waals surface area contributed by atoms with Gasteiger partial charge in [0, 0.05) is 52.7 Å². The average molecular weight is 518 g/mol. The lowest BCUT2D eigenvalue weighted by Crippen LogP contribution is -2.46. The van der Waals surface area contributed by atoms with Crippen molar-refractivity contribution in [3.8, 4) is 0 Å². The van der Waals surface area contributed by atoms with Gasteiger partial charge in [-0.3, -0.25) is 4.79 Å². The molecule has 4 N–H and O–H groups in total. The van der Waals surface area contributed by atoms with Gasteiger partial charge < -0.3 is 25.3 Å². The van der Waals surface area contributed by atoms with E-state index in [0.717, 1.165) is 33.9 Å². The number of carbonyl (C=O) groups excluding carboxylic acids is 1. The third-order valence-electron chi connectivity index (χ3n) is 8.51. The van der Waals surface area contributed by atoms with Gasteiger partial charge in [0.2, 0.25) is 5.69 Å². The first-order chi connectivity index (χ1) is 17.7. The quantitative estimate of drug-likeness (QED) is 0.279. The summed E-state index contributed by atoms with van der Waals surface area (Å²) in [7, 11) is 3.77. The number of carboxylic acids is 1. The van der Waals surface area contributed by atoms with Crippen LogP contribution in [0.5, 0.6) is 0 Å². The minimum atomic E-state index is -1.58. The topological polar surface area (TPSA) is 121 Å². The van der Waals surface area contributed by atoms with Crippen LogP contribution in [0, 0.1) is 5.92 Å². The molecule has 198 valence electrons. The van der Waals surface area contributed by atoms with E-state index in [1.165, 1.54) is 0 Å². The van der Waals surface area contributed by atoms with Crippen LogP contribution in [0.4, 0.5) is 11.4 Å². The molecule has 3 aliphatic rings. The van der Waals surface area contributed by atoms with E-state index in [0.29, 0.717) is 11.1 Å². The highest BCUT2D eigenvalue weighted by molar-refractivity contribution is 6.14. The summed E-state index contributed by atoms with van der Waals surface area (Å²) in [6.07, 6.45) is 1.01. The number of anilines is 1. The zero-order valence-corrected chi connectivity index (χ0v) is 22.4. The molecule has 0 saturated heterocycles. The number of ketones is 1. The van der Waals surface area contributed by atoms with E-state index < -0.39 is 35.1 Å². The maximum atomic E-state index is 13.3. The summed E-state index contributed by atoms with van der Waals surface area (Å²) in [6, 6.07) is 10.3. The Morgan fingerprint density at radius 3 is 2.34 bits per heavy atom. The van der Waals surface area contributed by atoms with Crippen LogP contribution in [0.2, 0.25) is 0 Å². The largest absolute Gasteiger partial charge is 0.478 e. The average Bonchev–Trinajstić information content (AvgIpc) is 3.17. The zero-order chi connectivity index (χ0) is 27.9. The molecule has 2 aromatic carbocycles. The van der Waals surface area contributed by atoms with Crippen molar-refractivity contribution in [2.24, 2.45) is 5.92 Å². The first-order valence-electron chi connectivity index (χ1n) is 12.6. The summed E-state index contributed by atoms with van der Waals surface area (Å²) in [4.78, 5) is 26.8. The number of rotatable bonds is 4. The number of carbonyl (C=O) groups is 2. The Morgan fingerprint density at radius 1 is 1.05 bits per heavy atom. The Labute approximate surface area is 221 Å². The Morgan fingerprint density at radius 2 is 1.74 bits per heavy atom. The summed E-state index contributed by atoms with van der Waals surface area (Å²) in [5, 5.41) is 39.8. The molecule has 2 aliphatic heterocycles. The van der Waals surface area contributed by atoms with Crippen molar-refractivity contribution in [3.05, 3.63) is 82.1 Å². The van der Waals surface area contributed by atoms with Crippen molar-refractivity contribution in [2.75, 3.05) is 19.0 Å². The van der Waals surface area contributed by atoms with Crippen molar-refractivity contribution in [3.63, 3.8) is 0 Å². The minimum Gasteiger partial charge on any atom is -0.478 e. The van der Waals surface area contributed by atoms with Crippen LogP contribution in [0.3, 0.4) is 0 Å². The van der Waals surface area contributed by atoms with E-state index in [4.69, 9.17) is 0 Å². The lowest BCUT2D eigenvalue weighted by molar-refractivity contribution is -0.401. The molecule has 0 aromatic heterocycles. The Bertz CT molecular complexity index is 1490. The van der Waals surface area contributed by atoms with Crippen LogP contribution < -0.4 is 4.90 Å². The standard InChI is InChI=1S/C30H32N2O6/c1-29(2)19-11-15(27(35)36)7-9-21(19)31(5)23(29)13-17-25(33)18(26(17)34)14-24-30(3,4)20-12-16(28(37)38)8-10-22(20)32(24)6/h7-14,17,25,28,33,37-38H,1-6H3/p+1. The van der Waals surface area contributed by atoms with E-state index in [1.54, 1.807) is 36.4 Å². The summed E-state index contributed by atoms with van der Waals surface area (Å²) in [6.45, 7) is 7.98. The molecule has 1 aliphatic carbocycles. The van der Waals surface area contributed by atoms with Crippen LogP contribution in [-0.2, 0) is 15.6 Å². The van der Waals surface area contributed by atoms with Gasteiger partial charge in [-0.15, -0.1) is 0 Å². The lowest BCUT2D eigenvalue weighted by atomic mass is 9.71. The normalized spacial score (nSPS) is 25.3. The number of carboxylic acid groups (broad SMARTS) is 1. The van der Waals surface area contributed by atoms with E-state index >= 15 is 0 Å².